The smallest absolute Gasteiger partial charge is 0.489 e. The van der Waals surface area contributed by atoms with Crippen LogP contribution in [0.5, 0.6) is 11.5 Å². The first-order chi connectivity index (χ1) is 21.0. The summed E-state index contributed by atoms with van der Waals surface area (Å²) in [5, 5.41) is 7.11. The van der Waals surface area contributed by atoms with Crippen LogP contribution in [0.3, 0.4) is 0 Å². The molecule has 1 saturated heterocycles. The molecule has 1 fully saturated rings. The average molecular weight is 597 g/mol. The first kappa shape index (κ1) is 31.4. The Morgan fingerprint density at radius 2 is 1.55 bits per heavy atom. The molecule has 1 aromatic heterocycles. The second-order valence-corrected chi connectivity index (χ2v) is 12.3. The van der Waals surface area contributed by atoms with Crippen LogP contribution in [-0.4, -0.2) is 35.9 Å². The molecule has 8 nitrogen and oxygen atoms in total. The number of benzene rings is 3. The minimum atomic E-state index is -0.877. The average Bonchev–Trinajstić information content (AvgIpc) is 3.53. The van der Waals surface area contributed by atoms with E-state index in [-0.39, 0.29) is 24.1 Å². The summed E-state index contributed by atoms with van der Waals surface area (Å²) in [4.78, 5) is 13.2. The fourth-order valence-electron chi connectivity index (χ4n) is 5.04. The number of hydrogen-bond donors (Lipinski definition) is 1. The molecule has 1 N–H and O–H groups in total. The molecule has 0 atom stereocenters. The Kier molecular flexibility index (Phi) is 9.18. The highest BCUT2D eigenvalue weighted by Crippen LogP contribution is 2.40. The normalized spacial score (nSPS) is 15.4. The van der Waals surface area contributed by atoms with Crippen molar-refractivity contribution < 1.29 is 28.1 Å². The minimum Gasteiger partial charge on any atom is -0.489 e. The van der Waals surface area contributed by atoms with Gasteiger partial charge in [0.05, 0.1) is 16.7 Å². The monoisotopic (exact) mass is 596 g/mol. The van der Waals surface area contributed by atoms with Crippen LogP contribution < -0.4 is 20.3 Å². The van der Waals surface area contributed by atoms with Gasteiger partial charge in [0, 0.05) is 17.7 Å². The van der Waals surface area contributed by atoms with Crippen LogP contribution in [0.1, 0.15) is 81.6 Å². The Bertz CT molecular complexity index is 1570. The van der Waals surface area contributed by atoms with Gasteiger partial charge in [-0.15, -0.1) is 0 Å². The summed E-state index contributed by atoms with van der Waals surface area (Å²) in [6, 6.07) is 23.7. The lowest BCUT2D eigenvalue weighted by molar-refractivity contribution is 0.00578. The molecule has 0 aliphatic carbocycles. The molecule has 0 spiro atoms. The van der Waals surface area contributed by atoms with E-state index >= 15 is 0 Å². The van der Waals surface area contributed by atoms with E-state index in [1.54, 1.807) is 0 Å². The van der Waals surface area contributed by atoms with E-state index in [0.29, 0.717) is 24.4 Å². The third-order valence-electron chi connectivity index (χ3n) is 8.25. The van der Waals surface area contributed by atoms with E-state index in [9.17, 15) is 4.79 Å². The Labute approximate surface area is 260 Å². The summed E-state index contributed by atoms with van der Waals surface area (Å²) in [7, 11) is -0.877. The number of amides is 1. The minimum absolute atomic E-state index is 0.120. The lowest BCUT2D eigenvalue weighted by atomic mass is 9.75. The molecule has 0 radical (unpaired) electrons. The zero-order valence-corrected chi connectivity index (χ0v) is 26.6. The van der Waals surface area contributed by atoms with Gasteiger partial charge in [0.1, 0.15) is 24.7 Å². The highest BCUT2D eigenvalue weighted by Gasteiger charge is 2.54. The second kappa shape index (κ2) is 12.9. The van der Waals surface area contributed by atoms with Gasteiger partial charge in [-0.1, -0.05) is 67.5 Å². The fraction of sp³-hybridized carbons (Fsp3) is 0.371. The Morgan fingerprint density at radius 1 is 0.909 bits per heavy atom. The maximum absolute atomic E-state index is 13.2. The molecule has 0 unspecified atom stereocenters. The van der Waals surface area contributed by atoms with E-state index in [4.69, 9.17) is 23.3 Å². The zero-order chi connectivity index (χ0) is 31.5. The van der Waals surface area contributed by atoms with Crippen molar-refractivity contribution in [3.63, 3.8) is 0 Å². The van der Waals surface area contributed by atoms with Crippen LogP contribution in [0.2, 0.25) is 0 Å². The fourth-order valence-corrected chi connectivity index (χ4v) is 5.04. The summed E-state index contributed by atoms with van der Waals surface area (Å²) in [5.41, 5.74) is 2.88. The number of carbonyl (C=O) groups is 1. The van der Waals surface area contributed by atoms with Gasteiger partial charge in [0.25, 0.3) is 5.91 Å². The van der Waals surface area contributed by atoms with Crippen molar-refractivity contribution in [2.24, 2.45) is 0 Å². The number of carbonyl (C=O) groups excluding carboxylic acids is 1. The first-order valence-corrected chi connectivity index (χ1v) is 15.2. The van der Waals surface area contributed by atoms with E-state index < -0.39 is 18.3 Å². The van der Waals surface area contributed by atoms with E-state index in [1.165, 1.54) is 0 Å². The van der Waals surface area contributed by atoms with Gasteiger partial charge in [-0.05, 0) is 75.9 Å². The predicted octanol–water partition coefficient (Wildman–Crippen LogP) is 6.67. The molecule has 4 aromatic rings. The zero-order valence-electron chi connectivity index (χ0n) is 26.6. The lowest BCUT2D eigenvalue weighted by Gasteiger charge is -2.32. The van der Waals surface area contributed by atoms with Crippen LogP contribution in [0.15, 0.2) is 77.3 Å². The Balaban J connectivity index is 1.64. The first-order valence-electron chi connectivity index (χ1n) is 15.2. The molecule has 5 rings (SSSR count). The number of hydrogen-bond acceptors (Lipinski definition) is 7. The third-order valence-corrected chi connectivity index (χ3v) is 8.25. The summed E-state index contributed by atoms with van der Waals surface area (Å²) < 4.78 is 31.6. The molecule has 9 heteroatoms. The van der Waals surface area contributed by atoms with Crippen LogP contribution in [-0.2, 0) is 22.5 Å². The van der Waals surface area contributed by atoms with Crippen molar-refractivity contribution in [1.82, 2.24) is 10.5 Å². The van der Waals surface area contributed by atoms with Crippen molar-refractivity contribution in [2.75, 3.05) is 6.54 Å². The molecule has 0 bridgehead atoms. The number of para-hydroxylation sites is 1. The van der Waals surface area contributed by atoms with Crippen molar-refractivity contribution in [1.29, 1.82) is 0 Å². The van der Waals surface area contributed by atoms with E-state index in [1.807, 2.05) is 107 Å². The molecule has 1 aliphatic heterocycles. The quantitative estimate of drug-likeness (QED) is 0.193. The van der Waals surface area contributed by atoms with Crippen LogP contribution in [0.25, 0.3) is 11.3 Å². The van der Waals surface area contributed by atoms with Crippen LogP contribution >= 0.6 is 0 Å². The number of nitrogens with one attached hydrogen (secondary N) is 1. The highest BCUT2D eigenvalue weighted by molar-refractivity contribution is 6.65. The number of rotatable bonds is 11. The van der Waals surface area contributed by atoms with Gasteiger partial charge in [-0.3, -0.25) is 4.79 Å². The molecule has 1 amide bonds. The molecule has 44 heavy (non-hydrogen) atoms. The highest BCUT2D eigenvalue weighted by atomic mass is 16.7. The Morgan fingerprint density at radius 3 is 2.16 bits per heavy atom. The molecular formula is C35H41BN2O6. The van der Waals surface area contributed by atoms with Gasteiger partial charge >= 0.3 is 7.12 Å². The van der Waals surface area contributed by atoms with Gasteiger partial charge in [0.2, 0.25) is 0 Å². The lowest BCUT2D eigenvalue weighted by Crippen LogP contribution is -2.41. The number of ether oxygens (including phenoxy) is 2. The largest absolute Gasteiger partial charge is 0.501 e. The van der Waals surface area contributed by atoms with Crippen molar-refractivity contribution in [3.05, 3.63) is 95.2 Å². The molecule has 3 aromatic carbocycles. The molecule has 2 heterocycles. The van der Waals surface area contributed by atoms with Gasteiger partial charge in [0.15, 0.2) is 11.5 Å². The summed E-state index contributed by atoms with van der Waals surface area (Å²) in [5.74, 6) is 1.63. The maximum Gasteiger partial charge on any atom is 0.501 e. The second-order valence-electron chi connectivity index (χ2n) is 12.3. The SMILES string of the molecule is CCNC(=O)c1noc(-c2cc(C(C)C)c(OCc3ccccc3)cc2COc2ccccc2)c1B1OC(C)(C)C(C)(C)O1. The molecule has 0 saturated carbocycles. The summed E-state index contributed by atoms with van der Waals surface area (Å²) in [6.45, 7) is 15.1. The molecule has 230 valence electrons. The topological polar surface area (TPSA) is 92.1 Å². The maximum atomic E-state index is 13.2. The third kappa shape index (κ3) is 6.54. The van der Waals surface area contributed by atoms with E-state index in [0.717, 1.165) is 33.8 Å². The summed E-state index contributed by atoms with van der Waals surface area (Å²) >= 11 is 0. The van der Waals surface area contributed by atoms with E-state index in [2.05, 4.69) is 24.3 Å². The van der Waals surface area contributed by atoms with Gasteiger partial charge in [-0.2, -0.15) is 0 Å². The standard InChI is InChI=1S/C35H41BN2O6/c1-8-37-33(39)31-30(36-43-34(4,5)35(6,7)44-36)32(42-38-31)28-20-27(23(2)3)29(41-21-24-15-11-9-12-16-24)19-25(28)22-40-26-17-13-10-14-18-26/h9-20,23H,8,21-22H2,1-7H3,(H,37,39). The van der Waals surface area contributed by atoms with Gasteiger partial charge < -0.3 is 28.6 Å². The molecule has 1 aliphatic rings. The van der Waals surface area contributed by atoms with Crippen molar-refractivity contribution in [2.45, 2.75) is 78.8 Å². The van der Waals surface area contributed by atoms with Crippen molar-refractivity contribution in [3.8, 4) is 22.8 Å². The Hall–Kier alpha value is -4.08. The number of aromatic nitrogens is 1. The molecular weight excluding hydrogens is 555 g/mol. The van der Waals surface area contributed by atoms with Crippen molar-refractivity contribution >= 4 is 18.5 Å². The van der Waals surface area contributed by atoms with Crippen LogP contribution in [0, 0.1) is 0 Å². The predicted molar refractivity (Wildman–Crippen MR) is 171 cm³/mol. The van der Waals surface area contributed by atoms with Gasteiger partial charge in [-0.25, -0.2) is 0 Å². The summed E-state index contributed by atoms with van der Waals surface area (Å²) in [6.07, 6.45) is 0. The number of nitrogens with zero attached hydrogens (tertiary/aromatic N) is 1. The van der Waals surface area contributed by atoms with Crippen LogP contribution in [0.4, 0.5) is 0 Å².